The Kier molecular flexibility index (Phi) is 4.57. The number of morpholine rings is 1. The molecule has 27 heavy (non-hydrogen) atoms. The third-order valence-electron chi connectivity index (χ3n) is 4.61. The lowest BCUT2D eigenvalue weighted by atomic mass is 10.1. The average Bonchev–Trinajstić information content (AvgIpc) is 3.38. The van der Waals surface area contributed by atoms with Crippen LogP contribution in [0, 0.1) is 0 Å². The molecular formula is C20H16ClN3OS2. The standard InChI is InChI=1S/C20H16ClN3OS2/c21-14-5-3-13(4-6-14)18-22-19(24-7-9-25-10-8-24)17-15(12-27-20(17)23-18)16-2-1-11-26-16/h1-6,11-12H,7-10H2. The van der Waals surface area contributed by atoms with E-state index in [-0.39, 0.29) is 0 Å². The summed E-state index contributed by atoms with van der Waals surface area (Å²) in [6, 6.07) is 11.9. The van der Waals surface area contributed by atoms with E-state index in [2.05, 4.69) is 27.8 Å². The van der Waals surface area contributed by atoms with Gasteiger partial charge in [-0.3, -0.25) is 0 Å². The highest BCUT2D eigenvalue weighted by Gasteiger charge is 2.22. The molecule has 4 nitrogen and oxygen atoms in total. The Morgan fingerprint density at radius 3 is 2.56 bits per heavy atom. The molecular weight excluding hydrogens is 398 g/mol. The second-order valence-electron chi connectivity index (χ2n) is 6.28. The maximum Gasteiger partial charge on any atom is 0.163 e. The summed E-state index contributed by atoms with van der Waals surface area (Å²) in [7, 11) is 0. The minimum Gasteiger partial charge on any atom is -0.378 e. The molecule has 1 aliphatic heterocycles. The fraction of sp³-hybridized carbons (Fsp3) is 0.200. The van der Waals surface area contributed by atoms with Crippen molar-refractivity contribution in [3.8, 4) is 21.8 Å². The van der Waals surface area contributed by atoms with Gasteiger partial charge in [0.25, 0.3) is 0 Å². The molecule has 4 heterocycles. The lowest BCUT2D eigenvalue weighted by Gasteiger charge is -2.28. The third-order valence-corrected chi connectivity index (χ3v) is 6.64. The second-order valence-corrected chi connectivity index (χ2v) is 8.53. The van der Waals surface area contributed by atoms with Gasteiger partial charge in [0.05, 0.1) is 18.6 Å². The fourth-order valence-corrected chi connectivity index (χ4v) is 5.15. The van der Waals surface area contributed by atoms with Crippen molar-refractivity contribution in [3.05, 3.63) is 52.2 Å². The molecule has 0 spiro atoms. The number of fused-ring (bicyclic) bond motifs is 1. The molecule has 7 heteroatoms. The molecule has 1 fully saturated rings. The van der Waals surface area contributed by atoms with Gasteiger partial charge in [-0.05, 0) is 35.7 Å². The van der Waals surface area contributed by atoms with Gasteiger partial charge in [-0.15, -0.1) is 22.7 Å². The Bertz CT molecular complexity index is 1070. The van der Waals surface area contributed by atoms with Crippen molar-refractivity contribution >= 4 is 50.3 Å². The van der Waals surface area contributed by atoms with E-state index in [1.807, 2.05) is 24.3 Å². The monoisotopic (exact) mass is 413 g/mol. The predicted octanol–water partition coefficient (Wildman–Crippen LogP) is 5.58. The van der Waals surface area contributed by atoms with Crippen LogP contribution < -0.4 is 4.90 Å². The summed E-state index contributed by atoms with van der Waals surface area (Å²) in [4.78, 5) is 14.4. The number of thiophene rings is 2. The minimum absolute atomic E-state index is 0.712. The SMILES string of the molecule is Clc1ccc(-c2nc(N3CCOCC3)c3c(-c4cccs4)csc3n2)cc1. The van der Waals surface area contributed by atoms with E-state index in [9.17, 15) is 0 Å². The summed E-state index contributed by atoms with van der Waals surface area (Å²) in [5.41, 5.74) is 2.19. The molecule has 0 unspecified atom stereocenters. The highest BCUT2D eigenvalue weighted by atomic mass is 35.5. The van der Waals surface area contributed by atoms with Gasteiger partial charge in [0.2, 0.25) is 0 Å². The van der Waals surface area contributed by atoms with Gasteiger partial charge in [-0.1, -0.05) is 17.7 Å². The van der Waals surface area contributed by atoms with Crippen molar-refractivity contribution in [2.24, 2.45) is 0 Å². The van der Waals surface area contributed by atoms with E-state index in [4.69, 9.17) is 26.3 Å². The van der Waals surface area contributed by atoms with Crippen molar-refractivity contribution in [1.29, 1.82) is 0 Å². The maximum absolute atomic E-state index is 6.05. The molecule has 0 saturated carbocycles. The quantitative estimate of drug-likeness (QED) is 0.439. The molecule has 0 N–H and O–H groups in total. The summed E-state index contributed by atoms with van der Waals surface area (Å²) < 4.78 is 5.55. The molecule has 5 rings (SSSR count). The fourth-order valence-electron chi connectivity index (χ4n) is 3.27. The smallest absolute Gasteiger partial charge is 0.163 e. The molecule has 0 radical (unpaired) electrons. The van der Waals surface area contributed by atoms with Crippen molar-refractivity contribution in [1.82, 2.24) is 9.97 Å². The van der Waals surface area contributed by atoms with Crippen LogP contribution in [0.15, 0.2) is 47.2 Å². The minimum atomic E-state index is 0.712. The van der Waals surface area contributed by atoms with Crippen LogP contribution in [0.1, 0.15) is 0 Å². The first-order chi connectivity index (χ1) is 13.3. The molecule has 3 aromatic heterocycles. The van der Waals surface area contributed by atoms with E-state index < -0.39 is 0 Å². The third kappa shape index (κ3) is 3.23. The van der Waals surface area contributed by atoms with Crippen LogP contribution in [0.25, 0.3) is 32.0 Å². The number of anilines is 1. The summed E-state index contributed by atoms with van der Waals surface area (Å²) in [6.07, 6.45) is 0. The van der Waals surface area contributed by atoms with E-state index in [0.717, 1.165) is 53.7 Å². The first-order valence-corrected chi connectivity index (χ1v) is 10.8. The summed E-state index contributed by atoms with van der Waals surface area (Å²) in [5, 5.41) is 6.16. The van der Waals surface area contributed by atoms with Crippen LogP contribution in [0.3, 0.4) is 0 Å². The van der Waals surface area contributed by atoms with Gasteiger partial charge in [0.15, 0.2) is 5.82 Å². The van der Waals surface area contributed by atoms with E-state index in [1.54, 1.807) is 22.7 Å². The Balaban J connectivity index is 1.72. The number of halogens is 1. The molecule has 0 amide bonds. The first kappa shape index (κ1) is 17.1. The molecule has 1 aliphatic rings. The normalized spacial score (nSPS) is 14.8. The summed E-state index contributed by atoms with van der Waals surface area (Å²) in [6.45, 7) is 3.12. The Morgan fingerprint density at radius 2 is 1.81 bits per heavy atom. The molecule has 4 aromatic rings. The molecule has 136 valence electrons. The molecule has 1 aromatic carbocycles. The Hall–Kier alpha value is -1.99. The van der Waals surface area contributed by atoms with Gasteiger partial charge < -0.3 is 9.64 Å². The van der Waals surface area contributed by atoms with Crippen molar-refractivity contribution in [2.75, 3.05) is 31.2 Å². The van der Waals surface area contributed by atoms with Crippen LogP contribution >= 0.6 is 34.3 Å². The number of hydrogen-bond donors (Lipinski definition) is 0. The van der Waals surface area contributed by atoms with Crippen LogP contribution in [-0.2, 0) is 4.74 Å². The molecule has 1 saturated heterocycles. The zero-order valence-electron chi connectivity index (χ0n) is 14.4. The number of rotatable bonds is 3. The van der Waals surface area contributed by atoms with Gasteiger partial charge >= 0.3 is 0 Å². The van der Waals surface area contributed by atoms with Crippen LogP contribution in [0.4, 0.5) is 5.82 Å². The second kappa shape index (κ2) is 7.20. The lowest BCUT2D eigenvalue weighted by Crippen LogP contribution is -2.37. The van der Waals surface area contributed by atoms with E-state index in [1.165, 1.54) is 10.4 Å². The van der Waals surface area contributed by atoms with Crippen molar-refractivity contribution in [3.63, 3.8) is 0 Å². The van der Waals surface area contributed by atoms with Crippen molar-refractivity contribution < 1.29 is 4.74 Å². The van der Waals surface area contributed by atoms with Crippen molar-refractivity contribution in [2.45, 2.75) is 0 Å². The average molecular weight is 414 g/mol. The van der Waals surface area contributed by atoms with E-state index in [0.29, 0.717) is 5.02 Å². The molecule has 0 aliphatic carbocycles. The van der Waals surface area contributed by atoms with Gasteiger partial charge in [0, 0.05) is 39.5 Å². The zero-order valence-corrected chi connectivity index (χ0v) is 16.8. The zero-order chi connectivity index (χ0) is 18.2. The first-order valence-electron chi connectivity index (χ1n) is 8.71. The molecule has 0 atom stereocenters. The largest absolute Gasteiger partial charge is 0.378 e. The van der Waals surface area contributed by atoms with Crippen LogP contribution in [0.2, 0.25) is 5.02 Å². The van der Waals surface area contributed by atoms with Gasteiger partial charge in [0.1, 0.15) is 10.6 Å². The number of ether oxygens (including phenoxy) is 1. The highest BCUT2D eigenvalue weighted by Crippen LogP contribution is 2.41. The number of nitrogens with zero attached hydrogens (tertiary/aromatic N) is 3. The highest BCUT2D eigenvalue weighted by molar-refractivity contribution is 7.18. The van der Waals surface area contributed by atoms with Crippen LogP contribution in [-0.4, -0.2) is 36.3 Å². The summed E-state index contributed by atoms with van der Waals surface area (Å²) >= 11 is 9.47. The van der Waals surface area contributed by atoms with Crippen LogP contribution in [0.5, 0.6) is 0 Å². The lowest BCUT2D eigenvalue weighted by molar-refractivity contribution is 0.122. The number of hydrogen-bond acceptors (Lipinski definition) is 6. The van der Waals surface area contributed by atoms with Gasteiger partial charge in [-0.2, -0.15) is 0 Å². The number of benzene rings is 1. The van der Waals surface area contributed by atoms with E-state index >= 15 is 0 Å². The summed E-state index contributed by atoms with van der Waals surface area (Å²) in [5.74, 6) is 1.73. The maximum atomic E-state index is 6.05. The molecule has 0 bridgehead atoms. The van der Waals surface area contributed by atoms with Gasteiger partial charge in [-0.25, -0.2) is 9.97 Å². The predicted molar refractivity (Wildman–Crippen MR) is 114 cm³/mol. The Morgan fingerprint density at radius 1 is 1.00 bits per heavy atom. The number of aromatic nitrogens is 2. The Labute approximate surface area is 170 Å². The topological polar surface area (TPSA) is 38.2 Å².